The van der Waals surface area contributed by atoms with E-state index in [-0.39, 0.29) is 24.3 Å². The van der Waals surface area contributed by atoms with Gasteiger partial charge in [0.1, 0.15) is 24.0 Å². The van der Waals surface area contributed by atoms with Crippen LogP contribution in [0.2, 0.25) is 0 Å². The number of carbonyl (C=O) groups excluding carboxylic acids is 1. The van der Waals surface area contributed by atoms with Gasteiger partial charge >= 0.3 is 12.1 Å². The van der Waals surface area contributed by atoms with E-state index in [2.05, 4.69) is 4.84 Å². The maximum absolute atomic E-state index is 13.4. The highest BCUT2D eigenvalue weighted by molar-refractivity contribution is 5.66. The smallest absolute Gasteiger partial charge is 0.416 e. The number of esters is 1. The van der Waals surface area contributed by atoms with Crippen molar-refractivity contribution in [1.82, 2.24) is 4.57 Å². The van der Waals surface area contributed by atoms with Gasteiger partial charge in [-0.05, 0) is 50.1 Å². The highest BCUT2D eigenvalue weighted by Gasteiger charge is 2.48. The molecule has 1 aliphatic rings. The highest BCUT2D eigenvalue weighted by Crippen LogP contribution is 2.45. The second-order valence-corrected chi connectivity index (χ2v) is 8.02. The molecule has 178 valence electrons. The molecule has 0 saturated carbocycles. The minimum absolute atomic E-state index is 0.0296. The van der Waals surface area contributed by atoms with Crippen LogP contribution in [0.25, 0.3) is 0 Å². The number of halogens is 3. The van der Waals surface area contributed by atoms with Crippen LogP contribution in [-0.4, -0.2) is 33.9 Å². The molecule has 0 aliphatic carbocycles. The van der Waals surface area contributed by atoms with Crippen LogP contribution in [0.15, 0.2) is 41.3 Å². The van der Waals surface area contributed by atoms with E-state index in [0.29, 0.717) is 5.56 Å². The first-order valence-electron chi connectivity index (χ1n) is 9.85. The number of hydrogen-bond acceptors (Lipinski definition) is 7. The molecule has 0 fully saturated rings. The molecule has 0 bridgehead atoms. The molecular weight excluding hydrogens is 449 g/mol. The Labute approximate surface area is 185 Å². The average Bonchev–Trinajstić information content (AvgIpc) is 2.67. The first-order chi connectivity index (χ1) is 15.3. The van der Waals surface area contributed by atoms with Gasteiger partial charge in [-0.1, -0.05) is 0 Å². The molecule has 9 nitrogen and oxygen atoms in total. The summed E-state index contributed by atoms with van der Waals surface area (Å²) in [6, 6.07) is 4.49. The molecule has 12 heteroatoms. The lowest BCUT2D eigenvalue weighted by molar-refractivity contribution is -0.757. The van der Waals surface area contributed by atoms with E-state index in [1.807, 2.05) is 0 Å². The van der Waals surface area contributed by atoms with Gasteiger partial charge in [-0.3, -0.25) is 9.59 Å². The maximum Gasteiger partial charge on any atom is 0.416 e. The SMILES string of the molecule is CC(=O)O[C@H]1[C@H](n2ccc(CCO[N+](=O)[O-])cc2=O)c2cc(C(F)(F)F)ccc2OC1(C)C. The van der Waals surface area contributed by atoms with Crippen molar-refractivity contribution >= 4 is 5.97 Å². The van der Waals surface area contributed by atoms with Crippen molar-refractivity contribution in [3.05, 3.63) is 73.7 Å². The largest absolute Gasteiger partial charge is 0.484 e. The minimum atomic E-state index is -4.64. The average molecular weight is 470 g/mol. The lowest BCUT2D eigenvalue weighted by Gasteiger charge is -2.44. The number of nitrogens with zero attached hydrogens (tertiary/aromatic N) is 2. The van der Waals surface area contributed by atoms with Crippen LogP contribution in [0.5, 0.6) is 5.75 Å². The zero-order valence-corrected chi connectivity index (χ0v) is 17.9. The standard InChI is InChI=1S/C21H21F3N2O7/c1-12(27)32-19-18(25-8-6-13(10-17(25)28)7-9-31-26(29)30)15-11-14(21(22,23)24)4-5-16(15)33-20(19,2)3/h4-6,8,10-11,18-19H,7,9H2,1-3H3/t18-,19+/m1/s1. The first-order valence-corrected chi connectivity index (χ1v) is 9.85. The molecule has 2 aromatic rings. The third kappa shape index (κ3) is 5.26. The Morgan fingerprint density at radius 1 is 1.27 bits per heavy atom. The van der Waals surface area contributed by atoms with Crippen LogP contribution in [0.3, 0.4) is 0 Å². The molecule has 1 aromatic carbocycles. The van der Waals surface area contributed by atoms with Crippen molar-refractivity contribution in [1.29, 1.82) is 0 Å². The Kier molecular flexibility index (Phi) is 6.39. The summed E-state index contributed by atoms with van der Waals surface area (Å²) in [5, 5.41) is 9.35. The van der Waals surface area contributed by atoms with E-state index in [0.717, 1.165) is 23.6 Å². The van der Waals surface area contributed by atoms with Crippen molar-refractivity contribution in [3.63, 3.8) is 0 Å². The lowest BCUT2D eigenvalue weighted by Crippen LogP contribution is -2.54. The first kappa shape index (κ1) is 24.1. The summed E-state index contributed by atoms with van der Waals surface area (Å²) in [5.41, 5.74) is -2.27. The molecule has 0 spiro atoms. The molecule has 0 unspecified atom stereocenters. The fourth-order valence-electron chi connectivity index (χ4n) is 3.77. The van der Waals surface area contributed by atoms with E-state index in [4.69, 9.17) is 9.47 Å². The Bertz CT molecular complexity index is 1130. The summed E-state index contributed by atoms with van der Waals surface area (Å²) in [5.74, 6) is -0.574. The molecule has 1 aliphatic heterocycles. The third-order valence-corrected chi connectivity index (χ3v) is 5.19. The van der Waals surface area contributed by atoms with E-state index in [1.165, 1.54) is 24.4 Å². The zero-order valence-electron chi connectivity index (χ0n) is 17.9. The number of pyridine rings is 1. The summed E-state index contributed by atoms with van der Waals surface area (Å²) in [6.45, 7) is 4.08. The Balaban J connectivity index is 2.12. The van der Waals surface area contributed by atoms with E-state index in [9.17, 15) is 32.9 Å². The van der Waals surface area contributed by atoms with Crippen LogP contribution in [0.4, 0.5) is 13.2 Å². The fourth-order valence-corrected chi connectivity index (χ4v) is 3.77. The second-order valence-electron chi connectivity index (χ2n) is 8.02. The molecule has 2 atom stereocenters. The van der Waals surface area contributed by atoms with Gasteiger partial charge in [-0.2, -0.15) is 13.2 Å². The molecule has 33 heavy (non-hydrogen) atoms. The van der Waals surface area contributed by atoms with E-state index < -0.39 is 46.1 Å². The fraction of sp³-hybridized carbons (Fsp3) is 0.429. The summed E-state index contributed by atoms with van der Waals surface area (Å²) >= 11 is 0. The quantitative estimate of drug-likeness (QED) is 0.362. The van der Waals surface area contributed by atoms with Gasteiger partial charge in [0.15, 0.2) is 6.10 Å². The van der Waals surface area contributed by atoms with Crippen LogP contribution >= 0.6 is 0 Å². The van der Waals surface area contributed by atoms with Crippen molar-refractivity contribution < 1.29 is 37.4 Å². The molecule has 2 heterocycles. The number of carbonyl (C=O) groups is 1. The number of alkyl halides is 3. The predicted molar refractivity (Wildman–Crippen MR) is 107 cm³/mol. The van der Waals surface area contributed by atoms with Gasteiger partial charge in [-0.25, -0.2) is 0 Å². The second kappa shape index (κ2) is 8.75. The summed E-state index contributed by atoms with van der Waals surface area (Å²) in [7, 11) is 0. The Morgan fingerprint density at radius 3 is 2.55 bits per heavy atom. The number of benzene rings is 1. The number of aromatic nitrogens is 1. The predicted octanol–water partition coefficient (Wildman–Crippen LogP) is 3.31. The zero-order chi connectivity index (χ0) is 24.6. The van der Waals surface area contributed by atoms with E-state index >= 15 is 0 Å². The minimum Gasteiger partial charge on any atom is -0.484 e. The van der Waals surface area contributed by atoms with E-state index in [1.54, 1.807) is 13.8 Å². The number of fused-ring (bicyclic) bond motifs is 1. The van der Waals surface area contributed by atoms with Crippen LogP contribution in [0, 0.1) is 10.1 Å². The topological polar surface area (TPSA) is 110 Å². The van der Waals surface area contributed by atoms with Crippen LogP contribution in [0.1, 0.15) is 43.5 Å². The normalized spacial score (nSPS) is 19.2. The van der Waals surface area contributed by atoms with Crippen molar-refractivity contribution in [3.8, 4) is 5.75 Å². The van der Waals surface area contributed by atoms with Crippen molar-refractivity contribution in [2.24, 2.45) is 0 Å². The molecule has 1 aromatic heterocycles. The number of rotatable bonds is 6. The summed E-state index contributed by atoms with van der Waals surface area (Å²) in [4.78, 5) is 39.3. The summed E-state index contributed by atoms with van der Waals surface area (Å²) < 4.78 is 52.6. The molecule has 0 saturated heterocycles. The van der Waals surface area contributed by atoms with Gasteiger partial charge < -0.3 is 18.9 Å². The van der Waals surface area contributed by atoms with Gasteiger partial charge in [0.2, 0.25) is 0 Å². The highest BCUT2D eigenvalue weighted by atomic mass is 19.4. The summed E-state index contributed by atoms with van der Waals surface area (Å²) in [6.07, 6.45) is -4.36. The third-order valence-electron chi connectivity index (χ3n) is 5.19. The number of hydrogen-bond donors (Lipinski definition) is 0. The van der Waals surface area contributed by atoms with Crippen molar-refractivity contribution in [2.75, 3.05) is 6.61 Å². The van der Waals surface area contributed by atoms with Gasteiger partial charge in [0.25, 0.3) is 10.6 Å². The molecule has 0 N–H and O–H groups in total. The maximum atomic E-state index is 13.4. The van der Waals surface area contributed by atoms with Gasteiger partial charge in [0, 0.05) is 24.8 Å². The van der Waals surface area contributed by atoms with Crippen LogP contribution in [-0.2, 0) is 27.0 Å². The molecule has 0 radical (unpaired) electrons. The Hall–Kier alpha value is -3.57. The molecule has 0 amide bonds. The lowest BCUT2D eigenvalue weighted by atomic mass is 9.85. The van der Waals surface area contributed by atoms with Gasteiger partial charge in [0.05, 0.1) is 5.56 Å². The van der Waals surface area contributed by atoms with Crippen LogP contribution < -0.4 is 10.3 Å². The molecule has 3 rings (SSSR count). The van der Waals surface area contributed by atoms with Crippen molar-refractivity contribution in [2.45, 2.75) is 51.1 Å². The Morgan fingerprint density at radius 2 is 1.97 bits per heavy atom. The molecular formula is C21H21F3N2O7. The number of ether oxygens (including phenoxy) is 2. The monoisotopic (exact) mass is 470 g/mol. The van der Waals surface area contributed by atoms with Gasteiger partial charge in [-0.15, -0.1) is 10.1 Å².